The number of ether oxygens (including phenoxy) is 1. The molecular weight excluding hydrogens is 340 g/mol. The van der Waals surface area contributed by atoms with Crippen molar-refractivity contribution in [2.75, 3.05) is 6.61 Å². The number of rotatable bonds is 7. The molecular formula is C18H26N2O4S. The van der Waals surface area contributed by atoms with Crippen molar-refractivity contribution < 1.29 is 19.1 Å². The molecule has 0 spiro atoms. The van der Waals surface area contributed by atoms with Crippen molar-refractivity contribution in [3.05, 3.63) is 22.4 Å². The van der Waals surface area contributed by atoms with E-state index in [0.717, 1.165) is 24.1 Å². The fraction of sp³-hybridized carbons (Fsp3) is 0.611. The summed E-state index contributed by atoms with van der Waals surface area (Å²) in [4.78, 5) is 37.5. The van der Waals surface area contributed by atoms with E-state index in [1.54, 1.807) is 6.92 Å². The Kier molecular flexibility index (Phi) is 6.99. The molecule has 0 bridgehead atoms. The number of thiophene rings is 1. The molecule has 1 aromatic heterocycles. The summed E-state index contributed by atoms with van der Waals surface area (Å²) >= 11 is 1.49. The quantitative estimate of drug-likeness (QED) is 0.727. The van der Waals surface area contributed by atoms with Gasteiger partial charge in [-0.2, -0.15) is 0 Å². The third-order valence-electron chi connectivity index (χ3n) is 4.41. The Bertz CT molecular complexity index is 594. The molecule has 7 heteroatoms. The van der Waals surface area contributed by atoms with Crippen LogP contribution in [0.4, 0.5) is 0 Å². The second kappa shape index (κ2) is 8.99. The fourth-order valence-electron chi connectivity index (χ4n) is 3.27. The molecule has 1 heterocycles. The second-order valence-electron chi connectivity index (χ2n) is 6.38. The maximum absolute atomic E-state index is 12.6. The minimum Gasteiger partial charge on any atom is -0.464 e. The van der Waals surface area contributed by atoms with Crippen LogP contribution < -0.4 is 10.6 Å². The van der Waals surface area contributed by atoms with Crippen molar-refractivity contribution >= 4 is 29.1 Å². The molecule has 6 nitrogen and oxygen atoms in total. The van der Waals surface area contributed by atoms with Crippen LogP contribution in [-0.4, -0.2) is 29.9 Å². The molecule has 2 amide bonds. The molecule has 0 radical (unpaired) electrons. The summed E-state index contributed by atoms with van der Waals surface area (Å²) in [5, 5.41) is 7.64. The van der Waals surface area contributed by atoms with E-state index in [0.29, 0.717) is 19.4 Å². The van der Waals surface area contributed by atoms with Gasteiger partial charge in [-0.25, -0.2) is 4.79 Å². The zero-order chi connectivity index (χ0) is 18.3. The first-order valence-corrected chi connectivity index (χ1v) is 9.63. The molecule has 1 aliphatic carbocycles. The predicted molar refractivity (Wildman–Crippen MR) is 96.1 cm³/mol. The van der Waals surface area contributed by atoms with Gasteiger partial charge in [0, 0.05) is 11.8 Å². The van der Waals surface area contributed by atoms with E-state index >= 15 is 0 Å². The van der Waals surface area contributed by atoms with Gasteiger partial charge in [-0.1, -0.05) is 25.3 Å². The Morgan fingerprint density at radius 3 is 2.56 bits per heavy atom. The third kappa shape index (κ3) is 5.29. The normalized spacial score (nSPS) is 17.4. The lowest BCUT2D eigenvalue weighted by molar-refractivity contribution is -0.155. The average Bonchev–Trinajstić information content (AvgIpc) is 3.09. The molecule has 1 saturated carbocycles. The van der Waals surface area contributed by atoms with Crippen LogP contribution in [0.3, 0.4) is 0 Å². The molecule has 0 aromatic carbocycles. The Morgan fingerprint density at radius 2 is 2.00 bits per heavy atom. The molecule has 1 atom stereocenters. The fourth-order valence-corrected chi connectivity index (χ4v) is 4.04. The summed E-state index contributed by atoms with van der Waals surface area (Å²) < 4.78 is 5.21. The minimum atomic E-state index is -0.929. The van der Waals surface area contributed by atoms with Crippen molar-refractivity contribution in [1.29, 1.82) is 0 Å². The molecule has 1 unspecified atom stereocenters. The Labute approximate surface area is 152 Å². The van der Waals surface area contributed by atoms with Gasteiger partial charge in [0.25, 0.3) is 0 Å². The summed E-state index contributed by atoms with van der Waals surface area (Å²) in [5.74, 6) is -0.790. The van der Waals surface area contributed by atoms with E-state index in [1.165, 1.54) is 18.3 Å². The summed E-state index contributed by atoms with van der Waals surface area (Å²) in [6.45, 7) is 3.49. The van der Waals surface area contributed by atoms with Gasteiger partial charge in [0.2, 0.25) is 11.8 Å². The average molecular weight is 366 g/mol. The molecule has 138 valence electrons. The van der Waals surface area contributed by atoms with Crippen molar-refractivity contribution in [2.45, 2.75) is 64.0 Å². The van der Waals surface area contributed by atoms with Crippen LogP contribution in [0, 0.1) is 0 Å². The van der Waals surface area contributed by atoms with E-state index in [-0.39, 0.29) is 30.2 Å². The Morgan fingerprint density at radius 1 is 1.28 bits per heavy atom. The van der Waals surface area contributed by atoms with Crippen LogP contribution in [0.5, 0.6) is 0 Å². The van der Waals surface area contributed by atoms with Crippen LogP contribution in [0.1, 0.15) is 63.3 Å². The van der Waals surface area contributed by atoms with Crippen LogP contribution in [0.2, 0.25) is 0 Å². The first-order chi connectivity index (χ1) is 12.0. The number of carbonyl (C=O) groups excluding carboxylic acids is 3. The summed E-state index contributed by atoms with van der Waals surface area (Å²) in [7, 11) is 0. The second-order valence-corrected chi connectivity index (χ2v) is 7.36. The van der Waals surface area contributed by atoms with Crippen molar-refractivity contribution in [2.24, 2.45) is 0 Å². The number of amides is 2. The molecule has 1 fully saturated rings. The van der Waals surface area contributed by atoms with Gasteiger partial charge in [0.05, 0.1) is 19.1 Å². The lowest BCUT2D eigenvalue weighted by atomic mass is 9.81. The number of nitrogens with one attached hydrogen (secondary N) is 2. The van der Waals surface area contributed by atoms with Gasteiger partial charge in [0.1, 0.15) is 5.54 Å². The van der Waals surface area contributed by atoms with Crippen LogP contribution in [0.15, 0.2) is 17.5 Å². The molecule has 2 N–H and O–H groups in total. The highest BCUT2D eigenvalue weighted by Gasteiger charge is 2.42. The van der Waals surface area contributed by atoms with E-state index in [4.69, 9.17) is 4.74 Å². The molecule has 0 aliphatic heterocycles. The van der Waals surface area contributed by atoms with Gasteiger partial charge in [-0.3, -0.25) is 9.59 Å². The number of esters is 1. The monoisotopic (exact) mass is 366 g/mol. The Hall–Kier alpha value is -1.89. The summed E-state index contributed by atoms with van der Waals surface area (Å²) in [6.07, 6.45) is 4.13. The van der Waals surface area contributed by atoms with E-state index < -0.39 is 5.54 Å². The molecule has 2 rings (SSSR count). The highest BCUT2D eigenvalue weighted by Crippen LogP contribution is 2.30. The standard InChI is InChI=1S/C18H26N2O4S/c1-3-24-17(23)18(9-5-4-6-10-18)20-16(22)12-14(19-13(2)21)15-8-7-11-25-15/h7-8,11,14H,3-6,9-10,12H2,1-2H3,(H,19,21)(H,20,22). The van der Waals surface area contributed by atoms with Gasteiger partial charge in [-0.05, 0) is 31.2 Å². The largest absolute Gasteiger partial charge is 0.464 e. The highest BCUT2D eigenvalue weighted by molar-refractivity contribution is 7.10. The maximum atomic E-state index is 12.6. The van der Waals surface area contributed by atoms with Gasteiger partial charge < -0.3 is 15.4 Å². The Balaban J connectivity index is 2.08. The lowest BCUT2D eigenvalue weighted by Gasteiger charge is -2.36. The first kappa shape index (κ1) is 19.4. The van der Waals surface area contributed by atoms with Crippen molar-refractivity contribution in [3.8, 4) is 0 Å². The van der Waals surface area contributed by atoms with E-state index in [1.807, 2.05) is 17.5 Å². The smallest absolute Gasteiger partial charge is 0.331 e. The molecule has 1 aromatic rings. The topological polar surface area (TPSA) is 84.5 Å². The number of hydrogen-bond acceptors (Lipinski definition) is 5. The summed E-state index contributed by atoms with van der Waals surface area (Å²) in [5.41, 5.74) is -0.929. The molecule has 0 saturated heterocycles. The van der Waals surface area contributed by atoms with Crippen molar-refractivity contribution in [3.63, 3.8) is 0 Å². The van der Waals surface area contributed by atoms with Crippen LogP contribution in [-0.2, 0) is 19.1 Å². The zero-order valence-corrected chi connectivity index (χ0v) is 15.6. The van der Waals surface area contributed by atoms with Crippen LogP contribution >= 0.6 is 11.3 Å². The minimum absolute atomic E-state index is 0.0985. The van der Waals surface area contributed by atoms with Gasteiger partial charge >= 0.3 is 5.97 Å². The van der Waals surface area contributed by atoms with Gasteiger partial charge in [-0.15, -0.1) is 11.3 Å². The van der Waals surface area contributed by atoms with Crippen LogP contribution in [0.25, 0.3) is 0 Å². The van der Waals surface area contributed by atoms with E-state index in [2.05, 4.69) is 10.6 Å². The van der Waals surface area contributed by atoms with E-state index in [9.17, 15) is 14.4 Å². The highest BCUT2D eigenvalue weighted by atomic mass is 32.1. The third-order valence-corrected chi connectivity index (χ3v) is 5.39. The van der Waals surface area contributed by atoms with Gasteiger partial charge in [0.15, 0.2) is 0 Å². The summed E-state index contributed by atoms with van der Waals surface area (Å²) in [6, 6.07) is 3.38. The first-order valence-electron chi connectivity index (χ1n) is 8.75. The number of carbonyl (C=O) groups is 3. The molecule has 1 aliphatic rings. The lowest BCUT2D eigenvalue weighted by Crippen LogP contribution is -2.56. The molecule has 25 heavy (non-hydrogen) atoms. The van der Waals surface area contributed by atoms with Crippen molar-refractivity contribution in [1.82, 2.24) is 10.6 Å². The maximum Gasteiger partial charge on any atom is 0.331 e. The predicted octanol–water partition coefficient (Wildman–Crippen LogP) is 2.70. The number of hydrogen-bond donors (Lipinski definition) is 2. The zero-order valence-electron chi connectivity index (χ0n) is 14.8. The SMILES string of the molecule is CCOC(=O)C1(NC(=O)CC(NC(C)=O)c2cccs2)CCCCC1.